The van der Waals surface area contributed by atoms with Gasteiger partial charge in [0, 0.05) is 37.5 Å². The third-order valence-electron chi connectivity index (χ3n) is 5.53. The Hall–Kier alpha value is -2.37. The number of likely N-dealkylation sites (tertiary alicyclic amines) is 1. The molecule has 144 valence electrons. The van der Waals surface area contributed by atoms with Gasteiger partial charge in [0.1, 0.15) is 5.52 Å². The average molecular weight is 369 g/mol. The molecule has 1 saturated heterocycles. The lowest BCUT2D eigenvalue weighted by Gasteiger charge is -2.31. The van der Waals surface area contributed by atoms with Crippen LogP contribution in [0.2, 0.25) is 0 Å². The third kappa shape index (κ3) is 4.15. The highest BCUT2D eigenvalue weighted by molar-refractivity contribution is 5.97. The second kappa shape index (κ2) is 7.71. The van der Waals surface area contributed by atoms with Crippen LogP contribution in [0.25, 0.3) is 11.1 Å². The lowest BCUT2D eigenvalue weighted by molar-refractivity contribution is -0.122. The molecule has 1 aliphatic heterocycles. The lowest BCUT2D eigenvalue weighted by Crippen LogP contribution is -2.39. The van der Waals surface area contributed by atoms with E-state index in [1.165, 1.54) is 0 Å². The number of nitrogens with zero attached hydrogens (tertiary/aromatic N) is 2. The molecule has 0 spiro atoms. The minimum absolute atomic E-state index is 0.0433. The van der Waals surface area contributed by atoms with Crippen LogP contribution in [0.15, 0.2) is 22.6 Å². The molecule has 2 aromatic rings. The number of aromatic nitrogens is 1. The number of benzene rings is 1. The molecule has 2 aliphatic rings. The van der Waals surface area contributed by atoms with E-state index in [1.54, 1.807) is 0 Å². The summed E-state index contributed by atoms with van der Waals surface area (Å²) in [4.78, 5) is 31.2. The van der Waals surface area contributed by atoms with Gasteiger partial charge in [-0.3, -0.25) is 9.59 Å². The normalized spacial score (nSPS) is 18.0. The molecule has 2 heterocycles. The summed E-state index contributed by atoms with van der Waals surface area (Å²) < 4.78 is 5.78. The fourth-order valence-electron chi connectivity index (χ4n) is 3.70. The Balaban J connectivity index is 1.35. The fourth-order valence-corrected chi connectivity index (χ4v) is 3.70. The first-order valence-electron chi connectivity index (χ1n) is 10.1. The van der Waals surface area contributed by atoms with Crippen LogP contribution in [0.3, 0.4) is 0 Å². The number of oxazole rings is 1. The molecule has 1 aromatic carbocycles. The van der Waals surface area contributed by atoms with Crippen molar-refractivity contribution in [2.45, 2.75) is 51.4 Å². The summed E-state index contributed by atoms with van der Waals surface area (Å²) in [5, 5.41) is 2.94. The van der Waals surface area contributed by atoms with Gasteiger partial charge in [0.15, 0.2) is 11.5 Å². The zero-order valence-electron chi connectivity index (χ0n) is 15.9. The summed E-state index contributed by atoms with van der Waals surface area (Å²) in [6, 6.07) is 5.53. The van der Waals surface area contributed by atoms with E-state index in [2.05, 4.69) is 10.3 Å². The number of nitrogens with one attached hydrogen (secondary N) is 1. The number of fused-ring (bicyclic) bond motifs is 1. The monoisotopic (exact) mass is 369 g/mol. The maximum absolute atomic E-state index is 12.9. The molecule has 0 bridgehead atoms. The Morgan fingerprint density at radius 3 is 2.70 bits per heavy atom. The Bertz CT molecular complexity index is 832. The van der Waals surface area contributed by atoms with Crippen molar-refractivity contribution < 1.29 is 14.0 Å². The van der Waals surface area contributed by atoms with E-state index in [-0.39, 0.29) is 11.8 Å². The summed E-state index contributed by atoms with van der Waals surface area (Å²) in [6.45, 7) is 4.19. The van der Waals surface area contributed by atoms with Crippen molar-refractivity contribution in [3.8, 4) is 0 Å². The topological polar surface area (TPSA) is 75.4 Å². The molecule has 0 atom stereocenters. The highest BCUT2D eigenvalue weighted by Crippen LogP contribution is 2.40. The Morgan fingerprint density at radius 1 is 1.22 bits per heavy atom. The van der Waals surface area contributed by atoms with Crippen molar-refractivity contribution in [2.75, 3.05) is 19.6 Å². The van der Waals surface area contributed by atoms with E-state index in [0.29, 0.717) is 36.9 Å². The van der Waals surface area contributed by atoms with Gasteiger partial charge in [-0.15, -0.1) is 0 Å². The van der Waals surface area contributed by atoms with Gasteiger partial charge in [-0.05, 0) is 56.2 Å². The lowest BCUT2D eigenvalue weighted by atomic mass is 9.93. The Kier molecular flexibility index (Phi) is 5.14. The molecule has 0 unspecified atom stereocenters. The van der Waals surface area contributed by atoms with Gasteiger partial charge in [-0.1, -0.05) is 6.92 Å². The molecule has 1 saturated carbocycles. The van der Waals surface area contributed by atoms with Gasteiger partial charge in [0.2, 0.25) is 5.91 Å². The first-order chi connectivity index (χ1) is 13.1. The maximum atomic E-state index is 12.9. The van der Waals surface area contributed by atoms with E-state index in [4.69, 9.17) is 4.42 Å². The molecule has 0 radical (unpaired) electrons. The van der Waals surface area contributed by atoms with Gasteiger partial charge in [0.25, 0.3) is 5.91 Å². The first-order valence-corrected chi connectivity index (χ1v) is 10.1. The van der Waals surface area contributed by atoms with E-state index in [9.17, 15) is 9.59 Å². The SMILES string of the molecule is CCCNC(=O)CC1CCN(C(=O)c2ccc3oc(C4CC4)nc3c2)CC1. The van der Waals surface area contributed by atoms with E-state index in [0.717, 1.165) is 55.6 Å². The number of amides is 2. The van der Waals surface area contributed by atoms with Crippen LogP contribution in [0.5, 0.6) is 0 Å². The van der Waals surface area contributed by atoms with Gasteiger partial charge in [-0.25, -0.2) is 4.98 Å². The molecule has 2 fully saturated rings. The standard InChI is InChI=1S/C21H27N3O3/c1-2-9-22-19(25)12-14-7-10-24(11-8-14)21(26)16-5-6-18-17(13-16)23-20(27-18)15-3-4-15/h5-6,13-15H,2-4,7-12H2,1H3,(H,22,25). The number of piperidine rings is 1. The predicted molar refractivity (Wildman–Crippen MR) is 103 cm³/mol. The van der Waals surface area contributed by atoms with Crippen LogP contribution in [0.1, 0.15) is 67.6 Å². The molecule has 1 N–H and O–H groups in total. The van der Waals surface area contributed by atoms with Gasteiger partial charge in [-0.2, -0.15) is 0 Å². The van der Waals surface area contributed by atoms with Gasteiger partial charge in [0.05, 0.1) is 0 Å². The largest absolute Gasteiger partial charge is 0.440 e. The summed E-state index contributed by atoms with van der Waals surface area (Å²) in [5.41, 5.74) is 2.19. The molecule has 1 aromatic heterocycles. The Morgan fingerprint density at radius 2 is 2.00 bits per heavy atom. The van der Waals surface area contributed by atoms with Crippen LogP contribution in [-0.2, 0) is 4.79 Å². The van der Waals surface area contributed by atoms with Crippen LogP contribution in [-0.4, -0.2) is 41.3 Å². The predicted octanol–water partition coefficient (Wildman–Crippen LogP) is 3.47. The molecule has 4 rings (SSSR count). The minimum atomic E-state index is 0.0433. The van der Waals surface area contributed by atoms with Crippen LogP contribution in [0.4, 0.5) is 0 Å². The van der Waals surface area contributed by atoms with E-state index in [1.807, 2.05) is 30.0 Å². The van der Waals surface area contributed by atoms with Crippen molar-refractivity contribution in [1.82, 2.24) is 15.2 Å². The number of hydrogen-bond donors (Lipinski definition) is 1. The number of rotatable bonds is 6. The van der Waals surface area contributed by atoms with E-state index < -0.39 is 0 Å². The molecule has 27 heavy (non-hydrogen) atoms. The second-order valence-corrected chi connectivity index (χ2v) is 7.80. The fraction of sp³-hybridized carbons (Fsp3) is 0.571. The third-order valence-corrected chi connectivity index (χ3v) is 5.53. The highest BCUT2D eigenvalue weighted by Gasteiger charge is 2.29. The molecular weight excluding hydrogens is 342 g/mol. The maximum Gasteiger partial charge on any atom is 0.253 e. The quantitative estimate of drug-likeness (QED) is 0.846. The van der Waals surface area contributed by atoms with Crippen molar-refractivity contribution >= 4 is 22.9 Å². The number of hydrogen-bond acceptors (Lipinski definition) is 4. The summed E-state index contributed by atoms with van der Waals surface area (Å²) in [7, 11) is 0. The molecular formula is C21H27N3O3. The van der Waals surface area contributed by atoms with Crippen molar-refractivity contribution in [3.63, 3.8) is 0 Å². The zero-order chi connectivity index (χ0) is 18.8. The zero-order valence-corrected chi connectivity index (χ0v) is 15.9. The first kappa shape index (κ1) is 18.0. The van der Waals surface area contributed by atoms with Crippen molar-refractivity contribution in [1.29, 1.82) is 0 Å². The van der Waals surface area contributed by atoms with Crippen LogP contribution in [0, 0.1) is 5.92 Å². The van der Waals surface area contributed by atoms with Gasteiger partial charge < -0.3 is 14.6 Å². The average Bonchev–Trinajstić information content (AvgIpc) is 3.45. The summed E-state index contributed by atoms with van der Waals surface area (Å²) in [6.07, 6.45) is 5.56. The number of carbonyl (C=O) groups excluding carboxylic acids is 2. The van der Waals surface area contributed by atoms with Crippen LogP contribution < -0.4 is 5.32 Å². The molecule has 6 nitrogen and oxygen atoms in total. The highest BCUT2D eigenvalue weighted by atomic mass is 16.3. The Labute approximate surface area is 159 Å². The van der Waals surface area contributed by atoms with Crippen molar-refractivity contribution in [3.05, 3.63) is 29.7 Å². The van der Waals surface area contributed by atoms with E-state index >= 15 is 0 Å². The minimum Gasteiger partial charge on any atom is -0.440 e. The molecule has 6 heteroatoms. The number of carbonyl (C=O) groups is 2. The summed E-state index contributed by atoms with van der Waals surface area (Å²) >= 11 is 0. The molecule has 2 amide bonds. The smallest absolute Gasteiger partial charge is 0.253 e. The second-order valence-electron chi connectivity index (χ2n) is 7.80. The van der Waals surface area contributed by atoms with Gasteiger partial charge >= 0.3 is 0 Å². The summed E-state index contributed by atoms with van der Waals surface area (Å²) in [5.74, 6) is 1.80. The molecule has 1 aliphatic carbocycles. The van der Waals surface area contributed by atoms with Crippen molar-refractivity contribution in [2.24, 2.45) is 5.92 Å². The van der Waals surface area contributed by atoms with Crippen LogP contribution >= 0.6 is 0 Å².